The molecule has 0 aromatic heterocycles. The first-order valence-corrected chi connectivity index (χ1v) is 7.22. The number of amides is 1. The summed E-state index contributed by atoms with van der Waals surface area (Å²) in [6, 6.07) is 11.6. The molecule has 0 aliphatic heterocycles. The monoisotopic (exact) mass is 286 g/mol. The third kappa shape index (κ3) is 3.34. The second kappa shape index (κ2) is 6.59. The van der Waals surface area contributed by atoms with Gasteiger partial charge in [-0.2, -0.15) is 0 Å². The van der Waals surface area contributed by atoms with Crippen LogP contribution in [0.15, 0.2) is 36.4 Å². The number of carbonyl (C=O) groups excluding carboxylic acids is 1. The Labute approximate surface area is 125 Å². The van der Waals surface area contributed by atoms with Gasteiger partial charge in [0.25, 0.3) is 0 Å². The lowest BCUT2D eigenvalue weighted by Gasteiger charge is -2.25. The van der Waals surface area contributed by atoms with Gasteiger partial charge in [0.05, 0.1) is 6.54 Å². The molecule has 0 aliphatic carbocycles. The fourth-order valence-electron chi connectivity index (χ4n) is 2.46. The standard InChI is InChI=1S/C17H22N2O2/c1-4-18-16(20)11-19(3)12(2)14-10-9-13-7-5-6-8-15(13)17(14)21/h5-10,12,21H,4,11H2,1-3H3,(H,18,20). The van der Waals surface area contributed by atoms with E-state index >= 15 is 0 Å². The van der Waals surface area contributed by atoms with E-state index < -0.39 is 0 Å². The van der Waals surface area contributed by atoms with Gasteiger partial charge in [0, 0.05) is 23.5 Å². The molecule has 1 unspecified atom stereocenters. The summed E-state index contributed by atoms with van der Waals surface area (Å²) >= 11 is 0. The van der Waals surface area contributed by atoms with E-state index in [1.807, 2.05) is 62.2 Å². The Morgan fingerprint density at radius 2 is 2.00 bits per heavy atom. The van der Waals surface area contributed by atoms with Crippen LogP contribution < -0.4 is 5.32 Å². The Morgan fingerprint density at radius 1 is 1.29 bits per heavy atom. The molecule has 4 heteroatoms. The van der Waals surface area contributed by atoms with Gasteiger partial charge in [-0.25, -0.2) is 0 Å². The normalized spacial score (nSPS) is 12.6. The quantitative estimate of drug-likeness (QED) is 0.888. The highest BCUT2D eigenvalue weighted by Crippen LogP contribution is 2.34. The van der Waals surface area contributed by atoms with E-state index in [0.29, 0.717) is 18.8 Å². The third-order valence-electron chi connectivity index (χ3n) is 3.81. The van der Waals surface area contributed by atoms with Crippen molar-refractivity contribution in [3.05, 3.63) is 42.0 Å². The summed E-state index contributed by atoms with van der Waals surface area (Å²) in [6.45, 7) is 4.82. The van der Waals surface area contributed by atoms with Crippen molar-refractivity contribution in [2.45, 2.75) is 19.9 Å². The zero-order valence-electron chi connectivity index (χ0n) is 12.8. The first kappa shape index (κ1) is 15.3. The molecule has 1 amide bonds. The van der Waals surface area contributed by atoms with Crippen molar-refractivity contribution >= 4 is 16.7 Å². The van der Waals surface area contributed by atoms with Crippen LogP contribution in [-0.4, -0.2) is 36.1 Å². The minimum Gasteiger partial charge on any atom is -0.507 e. The molecule has 0 fully saturated rings. The highest BCUT2D eigenvalue weighted by atomic mass is 16.3. The summed E-state index contributed by atoms with van der Waals surface area (Å²) in [7, 11) is 1.88. The number of nitrogens with zero attached hydrogens (tertiary/aromatic N) is 1. The van der Waals surface area contributed by atoms with Crippen LogP contribution in [0.2, 0.25) is 0 Å². The molecular weight excluding hydrogens is 264 g/mol. The van der Waals surface area contributed by atoms with Crippen LogP contribution in [0.4, 0.5) is 0 Å². The van der Waals surface area contributed by atoms with E-state index in [1.54, 1.807) is 0 Å². The maximum absolute atomic E-state index is 11.7. The van der Waals surface area contributed by atoms with E-state index in [4.69, 9.17) is 0 Å². The Hall–Kier alpha value is -2.07. The van der Waals surface area contributed by atoms with E-state index in [2.05, 4.69) is 5.32 Å². The Morgan fingerprint density at radius 3 is 2.71 bits per heavy atom. The summed E-state index contributed by atoms with van der Waals surface area (Å²) in [4.78, 5) is 13.6. The third-order valence-corrected chi connectivity index (χ3v) is 3.81. The van der Waals surface area contributed by atoms with Crippen LogP contribution in [0.3, 0.4) is 0 Å². The first-order chi connectivity index (χ1) is 10.0. The van der Waals surface area contributed by atoms with E-state index in [9.17, 15) is 9.90 Å². The highest BCUT2D eigenvalue weighted by Gasteiger charge is 2.18. The van der Waals surface area contributed by atoms with Gasteiger partial charge in [-0.05, 0) is 26.3 Å². The average molecular weight is 286 g/mol. The average Bonchev–Trinajstić information content (AvgIpc) is 2.47. The number of rotatable bonds is 5. The number of nitrogens with one attached hydrogen (secondary N) is 1. The van der Waals surface area contributed by atoms with Crippen molar-refractivity contribution < 1.29 is 9.90 Å². The zero-order valence-corrected chi connectivity index (χ0v) is 12.8. The molecule has 0 heterocycles. The highest BCUT2D eigenvalue weighted by molar-refractivity contribution is 5.89. The lowest BCUT2D eigenvalue weighted by molar-refractivity contribution is -0.122. The number of hydrogen-bond donors (Lipinski definition) is 2. The molecular formula is C17H22N2O2. The number of benzene rings is 2. The topological polar surface area (TPSA) is 52.6 Å². The van der Waals surface area contributed by atoms with Gasteiger partial charge < -0.3 is 10.4 Å². The second-order valence-electron chi connectivity index (χ2n) is 5.27. The second-order valence-corrected chi connectivity index (χ2v) is 5.27. The fraction of sp³-hybridized carbons (Fsp3) is 0.353. The van der Waals surface area contributed by atoms with Gasteiger partial charge in [-0.15, -0.1) is 0 Å². The molecule has 21 heavy (non-hydrogen) atoms. The molecule has 0 spiro atoms. The van der Waals surface area contributed by atoms with Gasteiger partial charge in [0.2, 0.25) is 5.91 Å². The largest absolute Gasteiger partial charge is 0.507 e. The van der Waals surface area contributed by atoms with Gasteiger partial charge in [0.15, 0.2) is 0 Å². The molecule has 0 saturated carbocycles. The molecule has 2 aromatic carbocycles. The first-order valence-electron chi connectivity index (χ1n) is 7.22. The van der Waals surface area contributed by atoms with E-state index in [1.165, 1.54) is 0 Å². The van der Waals surface area contributed by atoms with Crippen molar-refractivity contribution in [2.24, 2.45) is 0 Å². The van der Waals surface area contributed by atoms with Crippen molar-refractivity contribution in [3.63, 3.8) is 0 Å². The summed E-state index contributed by atoms with van der Waals surface area (Å²) in [5.74, 6) is 0.287. The zero-order chi connectivity index (χ0) is 15.4. The van der Waals surface area contributed by atoms with Crippen LogP contribution in [-0.2, 0) is 4.79 Å². The number of carbonyl (C=O) groups is 1. The van der Waals surface area contributed by atoms with Crippen LogP contribution in [0, 0.1) is 0 Å². The van der Waals surface area contributed by atoms with E-state index in [-0.39, 0.29) is 11.9 Å². The number of fused-ring (bicyclic) bond motifs is 1. The number of hydrogen-bond acceptors (Lipinski definition) is 3. The van der Waals surface area contributed by atoms with Gasteiger partial charge in [0.1, 0.15) is 5.75 Å². The van der Waals surface area contributed by atoms with Crippen molar-refractivity contribution in [2.75, 3.05) is 20.1 Å². The Kier molecular flexibility index (Phi) is 4.81. The molecule has 112 valence electrons. The number of likely N-dealkylation sites (N-methyl/N-ethyl adjacent to an activating group) is 2. The molecule has 0 aliphatic rings. The number of phenolic OH excluding ortho intramolecular Hbond substituents is 1. The number of phenols is 1. The maximum Gasteiger partial charge on any atom is 0.234 e. The van der Waals surface area contributed by atoms with Crippen LogP contribution in [0.5, 0.6) is 5.75 Å². The SMILES string of the molecule is CCNC(=O)CN(C)C(C)c1ccc2ccccc2c1O. The van der Waals surface area contributed by atoms with Crippen LogP contribution in [0.25, 0.3) is 10.8 Å². The molecule has 0 bridgehead atoms. The van der Waals surface area contributed by atoms with Crippen LogP contribution >= 0.6 is 0 Å². The van der Waals surface area contributed by atoms with Gasteiger partial charge in [-0.1, -0.05) is 36.4 Å². The molecule has 4 nitrogen and oxygen atoms in total. The summed E-state index contributed by atoms with van der Waals surface area (Å²) in [5.41, 5.74) is 0.834. The van der Waals surface area contributed by atoms with E-state index in [0.717, 1.165) is 16.3 Å². The predicted octanol–water partition coefficient (Wildman–Crippen LogP) is 2.67. The predicted molar refractivity (Wildman–Crippen MR) is 85.3 cm³/mol. The molecule has 1 atom stereocenters. The molecule has 2 aromatic rings. The molecule has 0 radical (unpaired) electrons. The van der Waals surface area contributed by atoms with Crippen molar-refractivity contribution in [1.82, 2.24) is 10.2 Å². The Bertz CT molecular complexity index is 640. The summed E-state index contributed by atoms with van der Waals surface area (Å²) < 4.78 is 0. The van der Waals surface area contributed by atoms with Gasteiger partial charge >= 0.3 is 0 Å². The van der Waals surface area contributed by atoms with Crippen LogP contribution in [0.1, 0.15) is 25.5 Å². The van der Waals surface area contributed by atoms with Crippen molar-refractivity contribution in [3.8, 4) is 5.75 Å². The minimum atomic E-state index is -0.0442. The molecule has 2 N–H and O–H groups in total. The Balaban J connectivity index is 2.24. The van der Waals surface area contributed by atoms with Gasteiger partial charge in [-0.3, -0.25) is 9.69 Å². The lowest BCUT2D eigenvalue weighted by atomic mass is 10.0. The number of aromatic hydroxyl groups is 1. The maximum atomic E-state index is 11.7. The fourth-order valence-corrected chi connectivity index (χ4v) is 2.46. The smallest absolute Gasteiger partial charge is 0.234 e. The summed E-state index contributed by atoms with van der Waals surface area (Å²) in [5, 5.41) is 15.1. The van der Waals surface area contributed by atoms with Crippen molar-refractivity contribution in [1.29, 1.82) is 0 Å². The molecule has 2 rings (SSSR count). The molecule has 0 saturated heterocycles. The lowest BCUT2D eigenvalue weighted by Crippen LogP contribution is -2.36. The summed E-state index contributed by atoms with van der Waals surface area (Å²) in [6.07, 6.45) is 0. The minimum absolute atomic E-state index is 0.00729.